The third-order valence-corrected chi connectivity index (χ3v) is 4.80. The molecule has 23 heavy (non-hydrogen) atoms. The van der Waals surface area contributed by atoms with Crippen molar-refractivity contribution in [3.63, 3.8) is 0 Å². The zero-order valence-corrected chi connectivity index (χ0v) is 14.9. The fraction of sp³-hybridized carbons (Fsp3) is 0.389. The SMILES string of the molecule is COCCn1c(C)cc(C(=O)CSc2cccc(OC)c2)c1C. The number of carbonyl (C=O) groups excluding carboxylic acids is 1. The molecule has 0 aliphatic heterocycles. The molecule has 5 heteroatoms. The van der Waals surface area contributed by atoms with Crippen LogP contribution in [0.5, 0.6) is 5.75 Å². The van der Waals surface area contributed by atoms with Crippen LogP contribution in [0.1, 0.15) is 21.7 Å². The smallest absolute Gasteiger partial charge is 0.174 e. The number of Topliss-reactive ketones (excluding diaryl/α,β-unsaturated/α-hetero) is 1. The van der Waals surface area contributed by atoms with Crippen LogP contribution in [0, 0.1) is 13.8 Å². The maximum atomic E-state index is 12.5. The Labute approximate surface area is 141 Å². The summed E-state index contributed by atoms with van der Waals surface area (Å²) in [7, 11) is 3.33. The van der Waals surface area contributed by atoms with Crippen LogP contribution in [-0.4, -0.2) is 36.9 Å². The Bertz CT molecular complexity index is 679. The summed E-state index contributed by atoms with van der Waals surface area (Å²) < 4.78 is 12.5. The van der Waals surface area contributed by atoms with E-state index in [0.29, 0.717) is 12.4 Å². The molecule has 0 saturated heterocycles. The van der Waals surface area contributed by atoms with Gasteiger partial charge >= 0.3 is 0 Å². The van der Waals surface area contributed by atoms with Crippen LogP contribution in [0.25, 0.3) is 0 Å². The van der Waals surface area contributed by atoms with Crippen LogP contribution in [0.2, 0.25) is 0 Å². The summed E-state index contributed by atoms with van der Waals surface area (Å²) in [6, 6.07) is 9.74. The number of hydrogen-bond donors (Lipinski definition) is 0. The fourth-order valence-electron chi connectivity index (χ4n) is 2.53. The quantitative estimate of drug-likeness (QED) is 0.545. The summed E-state index contributed by atoms with van der Waals surface area (Å²) in [6.07, 6.45) is 0. The molecular formula is C18H23NO3S. The molecule has 1 aromatic heterocycles. The molecule has 1 heterocycles. The predicted octanol–water partition coefficient (Wildman–Crippen LogP) is 3.73. The van der Waals surface area contributed by atoms with Crippen LogP contribution < -0.4 is 4.74 Å². The number of rotatable bonds is 8. The summed E-state index contributed by atoms with van der Waals surface area (Å²) in [4.78, 5) is 13.6. The Morgan fingerprint density at radius 2 is 2.00 bits per heavy atom. The maximum Gasteiger partial charge on any atom is 0.174 e. The van der Waals surface area contributed by atoms with Gasteiger partial charge in [0.1, 0.15) is 5.75 Å². The fourth-order valence-corrected chi connectivity index (χ4v) is 3.36. The van der Waals surface area contributed by atoms with Crippen molar-refractivity contribution in [3.8, 4) is 5.75 Å². The zero-order chi connectivity index (χ0) is 16.8. The maximum absolute atomic E-state index is 12.5. The number of thioether (sulfide) groups is 1. The van der Waals surface area contributed by atoms with Gasteiger partial charge in [-0.3, -0.25) is 4.79 Å². The van der Waals surface area contributed by atoms with E-state index < -0.39 is 0 Å². The normalized spacial score (nSPS) is 10.8. The molecule has 4 nitrogen and oxygen atoms in total. The predicted molar refractivity (Wildman–Crippen MR) is 93.8 cm³/mol. The van der Waals surface area contributed by atoms with E-state index in [1.54, 1.807) is 14.2 Å². The molecule has 0 saturated carbocycles. The second kappa shape index (κ2) is 8.22. The highest BCUT2D eigenvalue weighted by molar-refractivity contribution is 8.00. The molecule has 2 aromatic rings. The van der Waals surface area contributed by atoms with Gasteiger partial charge in [-0.25, -0.2) is 0 Å². The van der Waals surface area contributed by atoms with Gasteiger partial charge in [0.05, 0.1) is 19.5 Å². The van der Waals surface area contributed by atoms with Crippen LogP contribution in [0.15, 0.2) is 35.2 Å². The molecule has 0 fully saturated rings. The van der Waals surface area contributed by atoms with Gasteiger partial charge in [0.25, 0.3) is 0 Å². The summed E-state index contributed by atoms with van der Waals surface area (Å²) >= 11 is 1.53. The number of benzene rings is 1. The first-order valence-corrected chi connectivity index (χ1v) is 8.51. The Hall–Kier alpha value is -1.72. The molecule has 0 N–H and O–H groups in total. The van der Waals surface area contributed by atoms with E-state index in [2.05, 4.69) is 4.57 Å². The molecule has 0 aliphatic rings. The lowest BCUT2D eigenvalue weighted by molar-refractivity contribution is 0.102. The highest BCUT2D eigenvalue weighted by Crippen LogP contribution is 2.25. The summed E-state index contributed by atoms with van der Waals surface area (Å²) in [5, 5.41) is 0. The number of ether oxygens (including phenoxy) is 2. The number of methoxy groups -OCH3 is 2. The Morgan fingerprint density at radius 1 is 1.22 bits per heavy atom. The number of hydrogen-bond acceptors (Lipinski definition) is 4. The van der Waals surface area contributed by atoms with E-state index >= 15 is 0 Å². The summed E-state index contributed by atoms with van der Waals surface area (Å²) in [5.41, 5.74) is 2.90. The van der Waals surface area contributed by atoms with Crippen molar-refractivity contribution in [2.75, 3.05) is 26.6 Å². The monoisotopic (exact) mass is 333 g/mol. The molecule has 0 spiro atoms. The number of aryl methyl sites for hydroxylation is 1. The van der Waals surface area contributed by atoms with Crippen LogP contribution in [0.3, 0.4) is 0 Å². The van der Waals surface area contributed by atoms with Gasteiger partial charge in [-0.2, -0.15) is 0 Å². The average molecular weight is 333 g/mol. The van der Waals surface area contributed by atoms with E-state index in [0.717, 1.165) is 34.1 Å². The van der Waals surface area contributed by atoms with Crippen molar-refractivity contribution < 1.29 is 14.3 Å². The molecule has 0 bridgehead atoms. The molecule has 2 rings (SSSR count). The minimum Gasteiger partial charge on any atom is -0.497 e. The first kappa shape index (κ1) is 17.6. The van der Waals surface area contributed by atoms with Crippen LogP contribution in [0.4, 0.5) is 0 Å². The van der Waals surface area contributed by atoms with Crippen LogP contribution >= 0.6 is 11.8 Å². The van der Waals surface area contributed by atoms with Crippen molar-refractivity contribution in [1.29, 1.82) is 0 Å². The standard InChI is InChI=1S/C18H23NO3S/c1-13-10-17(14(2)19(13)8-9-21-3)18(20)12-23-16-7-5-6-15(11-16)22-4/h5-7,10-11H,8-9,12H2,1-4H3. The number of aromatic nitrogens is 1. The third-order valence-electron chi connectivity index (χ3n) is 3.80. The van der Waals surface area contributed by atoms with E-state index in [1.807, 2.05) is 44.2 Å². The van der Waals surface area contributed by atoms with Gasteiger partial charge in [0.2, 0.25) is 0 Å². The Kier molecular flexibility index (Phi) is 6.30. The highest BCUT2D eigenvalue weighted by atomic mass is 32.2. The number of carbonyl (C=O) groups is 1. The minimum absolute atomic E-state index is 0.148. The van der Waals surface area contributed by atoms with E-state index in [-0.39, 0.29) is 5.78 Å². The van der Waals surface area contributed by atoms with Crippen molar-refractivity contribution in [3.05, 3.63) is 47.3 Å². The molecule has 0 amide bonds. The van der Waals surface area contributed by atoms with Gasteiger partial charge in [0, 0.05) is 35.5 Å². The number of nitrogens with zero attached hydrogens (tertiary/aromatic N) is 1. The average Bonchev–Trinajstić information content (AvgIpc) is 2.85. The van der Waals surface area contributed by atoms with E-state index in [4.69, 9.17) is 9.47 Å². The summed E-state index contributed by atoms with van der Waals surface area (Å²) in [6.45, 7) is 5.42. The van der Waals surface area contributed by atoms with Crippen molar-refractivity contribution in [1.82, 2.24) is 4.57 Å². The molecule has 124 valence electrons. The van der Waals surface area contributed by atoms with Gasteiger partial charge in [0.15, 0.2) is 5.78 Å². The first-order valence-electron chi connectivity index (χ1n) is 7.52. The molecule has 1 aromatic carbocycles. The zero-order valence-electron chi connectivity index (χ0n) is 14.1. The largest absolute Gasteiger partial charge is 0.497 e. The van der Waals surface area contributed by atoms with E-state index in [9.17, 15) is 4.79 Å². The van der Waals surface area contributed by atoms with Crippen molar-refractivity contribution >= 4 is 17.5 Å². The van der Waals surface area contributed by atoms with Gasteiger partial charge < -0.3 is 14.0 Å². The van der Waals surface area contributed by atoms with Crippen LogP contribution in [-0.2, 0) is 11.3 Å². The second-order valence-corrected chi connectivity index (χ2v) is 6.37. The van der Waals surface area contributed by atoms with Gasteiger partial charge in [-0.15, -0.1) is 11.8 Å². The lowest BCUT2D eigenvalue weighted by atomic mass is 10.2. The minimum atomic E-state index is 0.148. The molecule has 0 atom stereocenters. The molecule has 0 radical (unpaired) electrons. The van der Waals surface area contributed by atoms with Gasteiger partial charge in [-0.1, -0.05) is 6.07 Å². The molecular weight excluding hydrogens is 310 g/mol. The first-order chi connectivity index (χ1) is 11.1. The second-order valence-electron chi connectivity index (χ2n) is 5.32. The molecule has 0 unspecified atom stereocenters. The molecule has 0 aliphatic carbocycles. The van der Waals surface area contributed by atoms with E-state index in [1.165, 1.54) is 11.8 Å². The Morgan fingerprint density at radius 3 is 2.70 bits per heavy atom. The van der Waals surface area contributed by atoms with Crippen molar-refractivity contribution in [2.24, 2.45) is 0 Å². The summed E-state index contributed by atoms with van der Waals surface area (Å²) in [5.74, 6) is 1.37. The topological polar surface area (TPSA) is 40.5 Å². The Balaban J connectivity index is 2.05. The highest BCUT2D eigenvalue weighted by Gasteiger charge is 2.15. The van der Waals surface area contributed by atoms with Crippen molar-refractivity contribution in [2.45, 2.75) is 25.3 Å². The third kappa shape index (κ3) is 4.39. The lowest BCUT2D eigenvalue weighted by Gasteiger charge is -2.09. The number of ketones is 1. The lowest BCUT2D eigenvalue weighted by Crippen LogP contribution is -2.09. The van der Waals surface area contributed by atoms with Gasteiger partial charge in [-0.05, 0) is 38.1 Å².